The Labute approximate surface area is 197 Å². The van der Waals surface area contributed by atoms with E-state index in [1.165, 1.54) is 5.57 Å². The van der Waals surface area contributed by atoms with Crippen LogP contribution in [0.1, 0.15) is 45.5 Å². The number of carboxylic acids is 1. The molecule has 0 atom stereocenters. The minimum absolute atomic E-state index is 0.283. The fourth-order valence-corrected chi connectivity index (χ4v) is 4.12. The molecule has 0 bridgehead atoms. The van der Waals surface area contributed by atoms with Gasteiger partial charge >= 0.3 is 5.97 Å². The third-order valence-corrected chi connectivity index (χ3v) is 6.02. The zero-order valence-electron chi connectivity index (χ0n) is 18.7. The number of carboxylic acid groups (broad SMARTS) is 1. The molecule has 6 heteroatoms. The molecule has 2 aliphatic rings. The van der Waals surface area contributed by atoms with Gasteiger partial charge in [-0.3, -0.25) is 4.99 Å². The summed E-state index contributed by atoms with van der Waals surface area (Å²) in [5.74, 6) is -0.0826. The van der Waals surface area contributed by atoms with E-state index in [0.29, 0.717) is 12.8 Å². The van der Waals surface area contributed by atoms with Gasteiger partial charge in [-0.05, 0) is 58.2 Å². The smallest absolute Gasteiger partial charge is 0.335 e. The van der Waals surface area contributed by atoms with Crippen molar-refractivity contribution in [3.05, 3.63) is 107 Å². The Hall–Kier alpha value is -4.32. The van der Waals surface area contributed by atoms with Crippen LogP contribution in [0.4, 0.5) is 0 Å². The Kier molecular flexibility index (Phi) is 5.87. The van der Waals surface area contributed by atoms with Gasteiger partial charge < -0.3 is 9.84 Å². The third-order valence-electron chi connectivity index (χ3n) is 6.02. The molecule has 0 aromatic heterocycles. The summed E-state index contributed by atoms with van der Waals surface area (Å²) >= 11 is 0. The SMILES string of the molecule is COc1ccc(C2=CN=C(c3cccc(C4=NN=C(Cc5ccc(C(=O)O)cc5)C4)c3)C2)cc1. The van der Waals surface area contributed by atoms with Crippen LogP contribution in [0.2, 0.25) is 0 Å². The lowest BCUT2D eigenvalue weighted by atomic mass is 9.96. The second-order valence-corrected chi connectivity index (χ2v) is 8.28. The minimum Gasteiger partial charge on any atom is -0.497 e. The normalized spacial score (nSPS) is 14.9. The van der Waals surface area contributed by atoms with Gasteiger partial charge in [0.1, 0.15) is 5.75 Å². The van der Waals surface area contributed by atoms with Crippen molar-refractivity contribution in [3.63, 3.8) is 0 Å². The molecule has 34 heavy (non-hydrogen) atoms. The number of methoxy groups -OCH3 is 1. The Morgan fingerprint density at radius 3 is 2.32 bits per heavy atom. The highest BCUT2D eigenvalue weighted by Crippen LogP contribution is 2.28. The van der Waals surface area contributed by atoms with Crippen molar-refractivity contribution in [1.82, 2.24) is 0 Å². The average Bonchev–Trinajstić information content (AvgIpc) is 3.55. The van der Waals surface area contributed by atoms with E-state index in [4.69, 9.17) is 9.84 Å². The molecule has 0 radical (unpaired) electrons. The highest BCUT2D eigenvalue weighted by molar-refractivity contribution is 6.17. The number of hydrogen-bond donors (Lipinski definition) is 1. The second kappa shape index (κ2) is 9.27. The van der Waals surface area contributed by atoms with Crippen molar-refractivity contribution < 1.29 is 14.6 Å². The lowest BCUT2D eigenvalue weighted by molar-refractivity contribution is 0.0697. The quantitative estimate of drug-likeness (QED) is 0.523. The van der Waals surface area contributed by atoms with Crippen LogP contribution >= 0.6 is 0 Å². The van der Waals surface area contributed by atoms with Crippen LogP contribution < -0.4 is 4.74 Å². The number of hydrogen-bond acceptors (Lipinski definition) is 5. The summed E-state index contributed by atoms with van der Waals surface area (Å²) in [4.78, 5) is 15.7. The van der Waals surface area contributed by atoms with Gasteiger partial charge in [0.15, 0.2) is 0 Å². The first-order valence-corrected chi connectivity index (χ1v) is 11.0. The number of rotatable bonds is 7. The molecular formula is C28H23N3O3. The van der Waals surface area contributed by atoms with Crippen LogP contribution in [0.25, 0.3) is 5.57 Å². The highest BCUT2D eigenvalue weighted by Gasteiger charge is 2.18. The lowest BCUT2D eigenvalue weighted by Crippen LogP contribution is -2.08. The zero-order valence-corrected chi connectivity index (χ0v) is 18.7. The molecule has 0 spiro atoms. The number of carbonyl (C=O) groups is 1. The third kappa shape index (κ3) is 4.57. The van der Waals surface area contributed by atoms with Crippen molar-refractivity contribution in [2.75, 3.05) is 7.11 Å². The van der Waals surface area contributed by atoms with Crippen molar-refractivity contribution in [3.8, 4) is 5.75 Å². The Morgan fingerprint density at radius 2 is 1.62 bits per heavy atom. The van der Waals surface area contributed by atoms with E-state index in [-0.39, 0.29) is 5.56 Å². The predicted octanol–water partition coefficient (Wildman–Crippen LogP) is 5.42. The average molecular weight is 450 g/mol. The first kappa shape index (κ1) is 21.5. The Morgan fingerprint density at radius 1 is 0.882 bits per heavy atom. The second-order valence-electron chi connectivity index (χ2n) is 8.28. The number of ether oxygens (including phenoxy) is 1. The van der Waals surface area contributed by atoms with Crippen molar-refractivity contribution in [2.24, 2.45) is 15.2 Å². The molecule has 168 valence electrons. The van der Waals surface area contributed by atoms with E-state index >= 15 is 0 Å². The van der Waals surface area contributed by atoms with Crippen LogP contribution in [0, 0.1) is 0 Å². The van der Waals surface area contributed by atoms with Gasteiger partial charge in [0, 0.05) is 25.5 Å². The standard InChI is InChI=1S/C28H23N3O3/c1-34-25-11-9-19(10-12-25)23-15-26(29-17-23)21-3-2-4-22(14-21)27-16-24(30-31-27)13-18-5-7-20(8-6-18)28(32)33/h2-12,14,17H,13,15-16H2,1H3,(H,32,33). The van der Waals surface area contributed by atoms with Gasteiger partial charge in [-0.25, -0.2) is 4.79 Å². The van der Waals surface area contributed by atoms with Gasteiger partial charge in [-0.1, -0.05) is 42.5 Å². The van der Waals surface area contributed by atoms with Crippen molar-refractivity contribution >= 4 is 28.7 Å². The van der Waals surface area contributed by atoms with Crippen LogP contribution in [0.15, 0.2) is 94.2 Å². The number of aliphatic imine (C=N–C) groups is 1. The van der Waals surface area contributed by atoms with Crippen molar-refractivity contribution in [1.29, 1.82) is 0 Å². The van der Waals surface area contributed by atoms with Gasteiger partial charge in [0.2, 0.25) is 0 Å². The monoisotopic (exact) mass is 449 g/mol. The number of nitrogens with zero attached hydrogens (tertiary/aromatic N) is 3. The van der Waals surface area contributed by atoms with Gasteiger partial charge in [0.05, 0.1) is 29.8 Å². The predicted molar refractivity (Wildman–Crippen MR) is 134 cm³/mol. The molecule has 0 saturated heterocycles. The zero-order chi connectivity index (χ0) is 23.5. The fraction of sp³-hybridized carbons (Fsp3) is 0.143. The van der Waals surface area contributed by atoms with Gasteiger partial charge in [0.25, 0.3) is 0 Å². The molecule has 0 fully saturated rings. The van der Waals surface area contributed by atoms with Crippen LogP contribution in [-0.2, 0) is 6.42 Å². The minimum atomic E-state index is -0.923. The van der Waals surface area contributed by atoms with Crippen molar-refractivity contribution in [2.45, 2.75) is 19.3 Å². The van der Waals surface area contributed by atoms with E-state index in [0.717, 1.165) is 51.6 Å². The maximum absolute atomic E-state index is 11.0. The molecule has 2 aliphatic heterocycles. The van der Waals surface area contributed by atoms with Crippen LogP contribution in [-0.4, -0.2) is 35.3 Å². The van der Waals surface area contributed by atoms with Gasteiger partial charge in [-0.15, -0.1) is 0 Å². The summed E-state index contributed by atoms with van der Waals surface area (Å²) in [6.07, 6.45) is 4.03. The van der Waals surface area contributed by atoms with E-state index in [1.807, 2.05) is 36.5 Å². The Balaban J connectivity index is 1.22. The molecule has 1 N–H and O–H groups in total. The molecule has 6 nitrogen and oxygen atoms in total. The molecule has 0 unspecified atom stereocenters. The number of benzene rings is 3. The number of aromatic carboxylic acids is 1. The fourth-order valence-electron chi connectivity index (χ4n) is 4.12. The first-order chi connectivity index (χ1) is 16.6. The highest BCUT2D eigenvalue weighted by atomic mass is 16.5. The van der Waals surface area contributed by atoms with Crippen LogP contribution in [0.3, 0.4) is 0 Å². The summed E-state index contributed by atoms with van der Waals surface area (Å²) in [6, 6.07) is 23.2. The summed E-state index contributed by atoms with van der Waals surface area (Å²) in [5, 5.41) is 17.9. The van der Waals surface area contributed by atoms with Gasteiger partial charge in [-0.2, -0.15) is 10.2 Å². The van der Waals surface area contributed by atoms with E-state index in [9.17, 15) is 4.79 Å². The number of allylic oxidation sites excluding steroid dienone is 1. The molecule has 0 saturated carbocycles. The molecule has 2 heterocycles. The van der Waals surface area contributed by atoms with Crippen LogP contribution in [0.5, 0.6) is 5.75 Å². The van der Waals surface area contributed by atoms with E-state index in [1.54, 1.807) is 19.2 Å². The lowest BCUT2D eigenvalue weighted by Gasteiger charge is -2.08. The molecule has 5 rings (SSSR count). The largest absolute Gasteiger partial charge is 0.497 e. The molecule has 0 amide bonds. The maximum atomic E-state index is 11.0. The summed E-state index contributed by atoms with van der Waals surface area (Å²) < 4.78 is 5.25. The summed E-state index contributed by atoms with van der Waals surface area (Å²) in [6.45, 7) is 0. The summed E-state index contributed by atoms with van der Waals surface area (Å²) in [7, 11) is 1.67. The Bertz CT molecular complexity index is 1360. The van der Waals surface area contributed by atoms with E-state index in [2.05, 4.69) is 45.5 Å². The topological polar surface area (TPSA) is 83.6 Å². The first-order valence-electron chi connectivity index (χ1n) is 11.0. The van der Waals surface area contributed by atoms with E-state index < -0.39 is 5.97 Å². The molecular weight excluding hydrogens is 426 g/mol. The summed E-state index contributed by atoms with van der Waals surface area (Å²) in [5.41, 5.74) is 8.68. The molecule has 0 aliphatic carbocycles. The molecule has 3 aromatic carbocycles. The maximum Gasteiger partial charge on any atom is 0.335 e. The molecule has 3 aromatic rings.